The van der Waals surface area contributed by atoms with Crippen LogP contribution in [0.1, 0.15) is 36.1 Å². The van der Waals surface area contributed by atoms with E-state index in [9.17, 15) is 5.11 Å². The first-order valence-electron chi connectivity index (χ1n) is 4.63. The number of aryl methyl sites for hydroxylation is 1. The fraction of sp³-hybridized carbons (Fsp3) is 0.500. The molecule has 0 aliphatic rings. The van der Waals surface area contributed by atoms with Crippen LogP contribution in [0, 0.1) is 20.8 Å². The molecule has 1 aromatic rings. The Morgan fingerprint density at radius 3 is 2.00 bits per heavy atom. The third kappa shape index (κ3) is 1.92. The first-order valence-corrected chi connectivity index (χ1v) is 4.63. The summed E-state index contributed by atoms with van der Waals surface area (Å²) in [4.78, 5) is 0. The summed E-state index contributed by atoms with van der Waals surface area (Å²) in [5.74, 6) is 0. The summed E-state index contributed by atoms with van der Waals surface area (Å²) in [5.41, 5.74) is 4.05. The molecule has 1 aromatic carbocycles. The molecule has 0 bridgehead atoms. The third-order valence-electron chi connectivity index (χ3n) is 2.72. The van der Waals surface area contributed by atoms with Crippen LogP contribution in [0.2, 0.25) is 0 Å². The lowest BCUT2D eigenvalue weighted by Gasteiger charge is -2.22. The fourth-order valence-corrected chi connectivity index (χ4v) is 1.62. The van der Waals surface area contributed by atoms with Crippen LogP contribution in [0.3, 0.4) is 0 Å². The monoisotopic (exact) mass is 178 g/mol. The van der Waals surface area contributed by atoms with Crippen molar-refractivity contribution in [1.82, 2.24) is 0 Å². The molecule has 0 amide bonds. The minimum atomic E-state index is -0.734. The van der Waals surface area contributed by atoms with Gasteiger partial charge in [0.1, 0.15) is 0 Å². The van der Waals surface area contributed by atoms with Gasteiger partial charge in [0.25, 0.3) is 0 Å². The molecule has 0 aromatic heterocycles. The van der Waals surface area contributed by atoms with Crippen molar-refractivity contribution < 1.29 is 5.11 Å². The van der Waals surface area contributed by atoms with E-state index < -0.39 is 5.60 Å². The van der Waals surface area contributed by atoms with Gasteiger partial charge >= 0.3 is 0 Å². The second-order valence-electron chi connectivity index (χ2n) is 4.24. The summed E-state index contributed by atoms with van der Waals surface area (Å²) < 4.78 is 0. The minimum absolute atomic E-state index is 0.734. The molecule has 0 atom stereocenters. The quantitative estimate of drug-likeness (QED) is 0.701. The number of rotatable bonds is 1. The van der Waals surface area contributed by atoms with E-state index in [2.05, 4.69) is 26.8 Å². The summed E-state index contributed by atoms with van der Waals surface area (Å²) in [7, 11) is 0. The smallest absolute Gasteiger partial charge is 0.0843 e. The van der Waals surface area contributed by atoms with Crippen molar-refractivity contribution in [3.8, 4) is 0 Å². The van der Waals surface area contributed by atoms with E-state index in [-0.39, 0.29) is 0 Å². The Morgan fingerprint density at radius 2 is 1.54 bits per heavy atom. The summed E-state index contributed by atoms with van der Waals surface area (Å²) in [6.45, 7) is 9.90. The maximum atomic E-state index is 9.89. The van der Waals surface area contributed by atoms with Gasteiger partial charge in [0.2, 0.25) is 0 Å². The van der Waals surface area contributed by atoms with Crippen LogP contribution in [0.4, 0.5) is 0 Å². The third-order valence-corrected chi connectivity index (χ3v) is 2.72. The molecule has 1 heteroatoms. The topological polar surface area (TPSA) is 20.2 Å². The summed E-state index contributed by atoms with van der Waals surface area (Å²) >= 11 is 0. The zero-order chi connectivity index (χ0) is 10.2. The summed E-state index contributed by atoms with van der Waals surface area (Å²) in [5, 5.41) is 9.89. The molecule has 0 unspecified atom stereocenters. The van der Waals surface area contributed by atoms with E-state index in [1.54, 1.807) is 0 Å². The van der Waals surface area contributed by atoms with Crippen LogP contribution in [-0.2, 0) is 5.60 Å². The maximum absolute atomic E-state index is 9.89. The fourth-order valence-electron chi connectivity index (χ4n) is 1.62. The van der Waals surface area contributed by atoms with Crippen LogP contribution in [0.25, 0.3) is 0 Å². The van der Waals surface area contributed by atoms with Crippen molar-refractivity contribution in [1.29, 1.82) is 0 Å². The summed E-state index contributed by atoms with van der Waals surface area (Å²) in [6, 6.07) is 4.08. The van der Waals surface area contributed by atoms with Gasteiger partial charge in [0.05, 0.1) is 5.60 Å². The number of hydrogen-bond acceptors (Lipinski definition) is 1. The molecule has 13 heavy (non-hydrogen) atoms. The van der Waals surface area contributed by atoms with Crippen molar-refractivity contribution in [3.05, 3.63) is 34.4 Å². The molecule has 1 rings (SSSR count). The summed E-state index contributed by atoms with van der Waals surface area (Å²) in [6.07, 6.45) is 0. The highest BCUT2D eigenvalue weighted by atomic mass is 16.3. The van der Waals surface area contributed by atoms with Crippen LogP contribution < -0.4 is 0 Å². The SMILES string of the molecule is Cc1ccc(C(C)(C)O)c(C)c1C. The van der Waals surface area contributed by atoms with Crippen molar-refractivity contribution in [3.63, 3.8) is 0 Å². The second-order valence-corrected chi connectivity index (χ2v) is 4.24. The number of hydrogen-bond donors (Lipinski definition) is 1. The van der Waals surface area contributed by atoms with Gasteiger partial charge in [0, 0.05) is 0 Å². The molecule has 0 spiro atoms. The molecular formula is C12H18O. The zero-order valence-electron chi connectivity index (χ0n) is 9.10. The number of benzene rings is 1. The maximum Gasteiger partial charge on any atom is 0.0843 e. The van der Waals surface area contributed by atoms with Gasteiger partial charge in [-0.15, -0.1) is 0 Å². The van der Waals surface area contributed by atoms with Crippen LogP contribution >= 0.6 is 0 Å². The molecule has 0 aliphatic carbocycles. The first kappa shape index (κ1) is 10.3. The molecule has 72 valence electrons. The average Bonchev–Trinajstić information content (AvgIpc) is 1.98. The molecule has 0 fully saturated rings. The molecule has 0 radical (unpaired) electrons. The highest BCUT2D eigenvalue weighted by Crippen LogP contribution is 2.26. The van der Waals surface area contributed by atoms with Crippen molar-refractivity contribution in [2.75, 3.05) is 0 Å². The minimum Gasteiger partial charge on any atom is -0.386 e. The Labute approximate surface area is 80.4 Å². The van der Waals surface area contributed by atoms with Gasteiger partial charge in [-0.3, -0.25) is 0 Å². The molecule has 0 saturated heterocycles. The Hall–Kier alpha value is -0.820. The van der Waals surface area contributed by atoms with Crippen LogP contribution in [0.15, 0.2) is 12.1 Å². The van der Waals surface area contributed by atoms with Gasteiger partial charge in [-0.05, 0) is 56.9 Å². The Kier molecular flexibility index (Phi) is 2.49. The van der Waals surface area contributed by atoms with Crippen molar-refractivity contribution >= 4 is 0 Å². The van der Waals surface area contributed by atoms with E-state index >= 15 is 0 Å². The Morgan fingerprint density at radius 1 is 1.00 bits per heavy atom. The normalized spacial score (nSPS) is 11.8. The van der Waals surface area contributed by atoms with E-state index in [1.165, 1.54) is 16.7 Å². The lowest BCUT2D eigenvalue weighted by Crippen LogP contribution is -2.17. The van der Waals surface area contributed by atoms with Crippen LogP contribution in [-0.4, -0.2) is 5.11 Å². The van der Waals surface area contributed by atoms with E-state index in [4.69, 9.17) is 0 Å². The lowest BCUT2D eigenvalue weighted by molar-refractivity contribution is 0.0778. The van der Waals surface area contributed by atoms with Gasteiger partial charge in [0.15, 0.2) is 0 Å². The first-order chi connectivity index (χ1) is 5.84. The Bertz CT molecular complexity index is 319. The van der Waals surface area contributed by atoms with Crippen molar-refractivity contribution in [2.24, 2.45) is 0 Å². The molecule has 0 saturated carbocycles. The van der Waals surface area contributed by atoms with Crippen molar-refractivity contribution in [2.45, 2.75) is 40.2 Å². The largest absolute Gasteiger partial charge is 0.386 e. The Balaban J connectivity index is 3.35. The van der Waals surface area contributed by atoms with Gasteiger partial charge < -0.3 is 5.11 Å². The molecule has 0 heterocycles. The van der Waals surface area contributed by atoms with E-state index in [1.807, 2.05) is 19.9 Å². The average molecular weight is 178 g/mol. The zero-order valence-corrected chi connectivity index (χ0v) is 9.10. The molecule has 1 N–H and O–H groups in total. The van der Waals surface area contributed by atoms with E-state index in [0.29, 0.717) is 0 Å². The number of aliphatic hydroxyl groups is 1. The van der Waals surface area contributed by atoms with Gasteiger partial charge in [-0.25, -0.2) is 0 Å². The van der Waals surface area contributed by atoms with Gasteiger partial charge in [-0.2, -0.15) is 0 Å². The molecular weight excluding hydrogens is 160 g/mol. The molecule has 0 aliphatic heterocycles. The molecule has 1 nitrogen and oxygen atoms in total. The second kappa shape index (κ2) is 3.15. The lowest BCUT2D eigenvalue weighted by atomic mass is 9.89. The predicted octanol–water partition coefficient (Wildman–Crippen LogP) is 2.84. The predicted molar refractivity (Wildman–Crippen MR) is 55.9 cm³/mol. The highest BCUT2D eigenvalue weighted by Gasteiger charge is 2.19. The highest BCUT2D eigenvalue weighted by molar-refractivity contribution is 5.41. The van der Waals surface area contributed by atoms with E-state index in [0.717, 1.165) is 5.56 Å². The van der Waals surface area contributed by atoms with Crippen LogP contribution in [0.5, 0.6) is 0 Å². The van der Waals surface area contributed by atoms with Gasteiger partial charge in [-0.1, -0.05) is 12.1 Å². The standard InChI is InChI=1S/C12H18O/c1-8-6-7-11(12(4,5)13)10(3)9(8)2/h6-7,13H,1-5H3.